The molecule has 5 nitrogen and oxygen atoms in total. The molecule has 0 saturated heterocycles. The molecule has 1 aliphatic carbocycles. The van der Waals surface area contributed by atoms with E-state index in [1.54, 1.807) is 10.6 Å². The summed E-state index contributed by atoms with van der Waals surface area (Å²) in [4.78, 5) is 27.4. The molecule has 3 aromatic carbocycles. The number of fused-ring (bicyclic) bond motifs is 3. The molecule has 1 atom stereocenters. The van der Waals surface area contributed by atoms with E-state index in [-0.39, 0.29) is 31.1 Å². The molecule has 0 saturated carbocycles. The summed E-state index contributed by atoms with van der Waals surface area (Å²) >= 11 is 0. The molecule has 1 aromatic heterocycles. The summed E-state index contributed by atoms with van der Waals surface area (Å²) in [6.07, 6.45) is -3.20. The molecule has 1 heterocycles. The molecule has 1 N–H and O–H groups in total. The fraction of sp³-hybridized carbons (Fsp3) is 0.290. The third kappa shape index (κ3) is 5.28. The highest BCUT2D eigenvalue weighted by Gasteiger charge is 2.42. The van der Waals surface area contributed by atoms with E-state index in [4.69, 9.17) is 0 Å². The molecule has 0 aliphatic heterocycles. The van der Waals surface area contributed by atoms with Gasteiger partial charge in [-0.25, -0.2) is 0 Å². The van der Waals surface area contributed by atoms with Crippen LogP contribution in [-0.2, 0) is 48.2 Å². The van der Waals surface area contributed by atoms with Crippen molar-refractivity contribution < 1.29 is 27.9 Å². The topological polar surface area (TPSA) is 62.5 Å². The molecular weight excluding hydrogens is 505 g/mol. The van der Waals surface area contributed by atoms with E-state index in [1.807, 2.05) is 61.5 Å². The molecule has 8 heteroatoms. The number of halogens is 3. The lowest BCUT2D eigenvalue weighted by Crippen LogP contribution is -2.45. The lowest BCUT2D eigenvalue weighted by atomic mass is 9.73. The number of carboxylic acids is 1. The van der Waals surface area contributed by atoms with E-state index < -0.39 is 23.1 Å². The van der Waals surface area contributed by atoms with Gasteiger partial charge in [0.15, 0.2) is 0 Å². The smallest absolute Gasteiger partial charge is 0.416 e. The lowest BCUT2D eigenvalue weighted by molar-refractivity contribution is -0.145. The average molecular weight is 535 g/mol. The molecule has 1 unspecified atom stereocenters. The number of benzene rings is 3. The van der Waals surface area contributed by atoms with Gasteiger partial charge in [0.2, 0.25) is 5.91 Å². The Labute approximate surface area is 224 Å². The first kappa shape index (κ1) is 26.5. The Morgan fingerprint density at radius 1 is 0.949 bits per heavy atom. The van der Waals surface area contributed by atoms with Crippen LogP contribution in [0.3, 0.4) is 0 Å². The molecule has 4 aromatic rings. The number of amides is 1. The minimum absolute atomic E-state index is 0.0486. The molecule has 0 spiro atoms. The van der Waals surface area contributed by atoms with Crippen LogP contribution in [0.4, 0.5) is 13.2 Å². The molecule has 1 aliphatic rings. The summed E-state index contributed by atoms with van der Waals surface area (Å²) in [5.41, 5.74) is 1.91. The summed E-state index contributed by atoms with van der Waals surface area (Å²) in [5, 5.41) is 10.4. The number of alkyl halides is 3. The molecule has 0 bridgehead atoms. The number of para-hydroxylation sites is 1. The van der Waals surface area contributed by atoms with E-state index in [2.05, 4.69) is 0 Å². The Kier molecular flexibility index (Phi) is 6.97. The molecule has 0 fully saturated rings. The van der Waals surface area contributed by atoms with Crippen LogP contribution in [0.5, 0.6) is 0 Å². The third-order valence-corrected chi connectivity index (χ3v) is 7.67. The van der Waals surface area contributed by atoms with Crippen LogP contribution in [0.1, 0.15) is 41.3 Å². The number of aromatic nitrogens is 1. The molecule has 0 radical (unpaired) electrons. The van der Waals surface area contributed by atoms with Crippen molar-refractivity contribution in [3.63, 3.8) is 0 Å². The minimum Gasteiger partial charge on any atom is -0.480 e. The summed E-state index contributed by atoms with van der Waals surface area (Å²) in [7, 11) is 0. The zero-order valence-electron chi connectivity index (χ0n) is 21.5. The second kappa shape index (κ2) is 10.2. The van der Waals surface area contributed by atoms with Gasteiger partial charge in [0.1, 0.15) is 6.54 Å². The van der Waals surface area contributed by atoms with Crippen molar-refractivity contribution in [2.24, 2.45) is 5.41 Å². The van der Waals surface area contributed by atoms with Crippen molar-refractivity contribution in [3.8, 4) is 0 Å². The van der Waals surface area contributed by atoms with Crippen LogP contribution in [-0.4, -0.2) is 26.5 Å². The van der Waals surface area contributed by atoms with Crippen LogP contribution >= 0.6 is 0 Å². The van der Waals surface area contributed by atoms with E-state index >= 15 is 0 Å². The van der Waals surface area contributed by atoms with Crippen molar-refractivity contribution in [1.29, 1.82) is 0 Å². The predicted molar refractivity (Wildman–Crippen MR) is 142 cm³/mol. The molecule has 39 heavy (non-hydrogen) atoms. The first-order chi connectivity index (χ1) is 18.6. The van der Waals surface area contributed by atoms with Gasteiger partial charge in [-0.3, -0.25) is 9.59 Å². The van der Waals surface area contributed by atoms with Crippen molar-refractivity contribution in [1.82, 2.24) is 9.47 Å². The van der Waals surface area contributed by atoms with Crippen LogP contribution < -0.4 is 0 Å². The Balaban J connectivity index is 1.52. The van der Waals surface area contributed by atoms with E-state index in [0.29, 0.717) is 19.3 Å². The van der Waals surface area contributed by atoms with E-state index in [1.165, 1.54) is 17.0 Å². The van der Waals surface area contributed by atoms with Gasteiger partial charge in [0.25, 0.3) is 0 Å². The molecular formula is C31H29F3N2O3. The number of aliphatic carboxylic acids is 1. The Morgan fingerprint density at radius 3 is 2.33 bits per heavy atom. The van der Waals surface area contributed by atoms with Crippen LogP contribution in [0.15, 0.2) is 78.9 Å². The van der Waals surface area contributed by atoms with Crippen molar-refractivity contribution >= 4 is 22.8 Å². The van der Waals surface area contributed by atoms with E-state index in [0.717, 1.165) is 33.8 Å². The Morgan fingerprint density at radius 2 is 1.62 bits per heavy atom. The number of rotatable bonds is 7. The quantitative estimate of drug-likeness (QED) is 0.296. The largest absolute Gasteiger partial charge is 0.480 e. The van der Waals surface area contributed by atoms with Crippen LogP contribution in [0, 0.1) is 5.41 Å². The van der Waals surface area contributed by atoms with Gasteiger partial charge in [0, 0.05) is 29.7 Å². The first-order valence-corrected chi connectivity index (χ1v) is 12.9. The molecule has 5 rings (SSSR count). The van der Waals surface area contributed by atoms with Crippen molar-refractivity contribution in [3.05, 3.63) is 107 Å². The highest BCUT2D eigenvalue weighted by molar-refractivity contribution is 5.90. The van der Waals surface area contributed by atoms with Crippen LogP contribution in [0.25, 0.3) is 10.9 Å². The van der Waals surface area contributed by atoms with Gasteiger partial charge >= 0.3 is 12.1 Å². The zero-order valence-corrected chi connectivity index (χ0v) is 21.5. The van der Waals surface area contributed by atoms with Gasteiger partial charge in [-0.1, -0.05) is 73.7 Å². The summed E-state index contributed by atoms with van der Waals surface area (Å²) in [5.74, 6) is -1.16. The molecule has 1 amide bonds. The Hall–Kier alpha value is -4.07. The zero-order chi connectivity index (χ0) is 27.8. The lowest BCUT2D eigenvalue weighted by Gasteiger charge is -2.38. The minimum atomic E-state index is -4.53. The molecule has 202 valence electrons. The predicted octanol–water partition coefficient (Wildman–Crippen LogP) is 6.47. The first-order valence-electron chi connectivity index (χ1n) is 12.9. The maximum absolute atomic E-state index is 14.3. The maximum atomic E-state index is 14.3. The number of carbonyl (C=O) groups is 2. The maximum Gasteiger partial charge on any atom is 0.416 e. The third-order valence-electron chi connectivity index (χ3n) is 7.67. The Bertz CT molecular complexity index is 1530. The van der Waals surface area contributed by atoms with E-state index in [9.17, 15) is 27.9 Å². The monoisotopic (exact) mass is 534 g/mol. The van der Waals surface area contributed by atoms with Gasteiger partial charge in [-0.2, -0.15) is 13.2 Å². The number of nitrogens with zero attached hydrogens (tertiary/aromatic N) is 2. The SMILES string of the molecule is CC1(C(=O)N(Cc2ccccc2)Cc2ccccc2C(F)(F)F)CCc2c(c3ccccc3n2CC(=O)O)C1. The fourth-order valence-electron chi connectivity index (χ4n) is 5.81. The normalized spacial score (nSPS) is 17.1. The number of hydrogen-bond donors (Lipinski definition) is 1. The summed E-state index contributed by atoms with van der Waals surface area (Å²) in [6, 6.07) is 22.2. The highest BCUT2D eigenvalue weighted by Crippen LogP contribution is 2.42. The second-order valence-corrected chi connectivity index (χ2v) is 10.5. The number of carboxylic acid groups (broad SMARTS) is 1. The fourth-order valence-corrected chi connectivity index (χ4v) is 5.81. The van der Waals surface area contributed by atoms with Gasteiger partial charge in [0.05, 0.1) is 11.0 Å². The number of hydrogen-bond acceptors (Lipinski definition) is 2. The average Bonchev–Trinajstić information content (AvgIpc) is 3.20. The number of carbonyl (C=O) groups excluding carboxylic acids is 1. The van der Waals surface area contributed by atoms with Crippen molar-refractivity contribution in [2.45, 2.75) is 52.0 Å². The standard InChI is InChI=1S/C31H29F3N2O3/c1-30(16-15-27-24(17-30)23-12-6-8-14-26(23)36(27)20-28(37)38)29(39)35(18-21-9-3-2-4-10-21)19-22-11-5-7-13-25(22)31(32,33)34/h2-14H,15-20H2,1H3,(H,37,38). The van der Waals surface area contributed by atoms with Crippen LogP contribution in [0.2, 0.25) is 0 Å². The van der Waals surface area contributed by atoms with Crippen molar-refractivity contribution in [2.75, 3.05) is 0 Å². The second-order valence-electron chi connectivity index (χ2n) is 10.5. The van der Waals surface area contributed by atoms with Gasteiger partial charge in [-0.05, 0) is 48.1 Å². The van der Waals surface area contributed by atoms with Gasteiger partial charge < -0.3 is 14.6 Å². The van der Waals surface area contributed by atoms with Gasteiger partial charge in [-0.15, -0.1) is 0 Å². The highest BCUT2D eigenvalue weighted by atomic mass is 19.4. The summed E-state index contributed by atoms with van der Waals surface area (Å²) in [6.45, 7) is 1.70. The summed E-state index contributed by atoms with van der Waals surface area (Å²) < 4.78 is 43.3.